The van der Waals surface area contributed by atoms with Crippen LogP contribution in [-0.4, -0.2) is 43.7 Å². The van der Waals surface area contributed by atoms with E-state index in [-0.39, 0.29) is 11.3 Å². The molecule has 0 saturated carbocycles. The number of fused-ring (bicyclic) bond motifs is 1. The molecular weight excluding hydrogens is 454 g/mol. The van der Waals surface area contributed by atoms with Crippen molar-refractivity contribution < 1.29 is 14.4 Å². The Balaban J connectivity index is 1.65. The van der Waals surface area contributed by atoms with Crippen molar-refractivity contribution in [3.8, 4) is 5.69 Å². The molecule has 1 fully saturated rings. The molecule has 0 unspecified atom stereocenters. The minimum Gasteiger partial charge on any atom is -0.322 e. The molecule has 0 spiro atoms. The maximum absolute atomic E-state index is 13.4. The quantitative estimate of drug-likeness (QED) is 0.319. The molecule has 1 atom stereocenters. The highest BCUT2D eigenvalue weighted by Crippen LogP contribution is 2.24. The van der Waals surface area contributed by atoms with Crippen molar-refractivity contribution in [2.24, 2.45) is 0 Å². The number of nitrogens with zero attached hydrogens (tertiary/aromatic N) is 3. The van der Waals surface area contributed by atoms with Gasteiger partial charge in [-0.25, -0.2) is 9.78 Å². The molecule has 4 rings (SSSR count). The van der Waals surface area contributed by atoms with Crippen LogP contribution in [0.1, 0.15) is 31.4 Å². The summed E-state index contributed by atoms with van der Waals surface area (Å²) in [4.78, 5) is 55.5. The van der Waals surface area contributed by atoms with E-state index in [0.29, 0.717) is 33.2 Å². The topological polar surface area (TPSA) is 113 Å². The van der Waals surface area contributed by atoms with Crippen molar-refractivity contribution in [1.29, 1.82) is 0 Å². The first-order chi connectivity index (χ1) is 16.1. The number of hydrogen-bond donors (Lipinski definition) is 2. The number of aryl methyl sites for hydroxylation is 2. The van der Waals surface area contributed by atoms with E-state index >= 15 is 0 Å². The summed E-state index contributed by atoms with van der Waals surface area (Å²) >= 11 is 1.06. The minimum atomic E-state index is -1.05. The van der Waals surface area contributed by atoms with Crippen LogP contribution >= 0.6 is 11.8 Å². The van der Waals surface area contributed by atoms with Gasteiger partial charge < -0.3 is 5.32 Å². The highest BCUT2D eigenvalue weighted by Gasteiger charge is 2.47. The molecule has 1 aliphatic heterocycles. The number of benzene rings is 2. The van der Waals surface area contributed by atoms with Crippen LogP contribution in [0.4, 0.5) is 4.79 Å². The van der Waals surface area contributed by atoms with Gasteiger partial charge in [-0.15, -0.1) is 0 Å². The summed E-state index contributed by atoms with van der Waals surface area (Å²) < 4.78 is 1.50. The molecule has 34 heavy (non-hydrogen) atoms. The molecule has 1 saturated heterocycles. The zero-order valence-electron chi connectivity index (χ0n) is 19.3. The fraction of sp³-hybridized carbons (Fsp3) is 0.292. The van der Waals surface area contributed by atoms with Crippen LogP contribution in [0.5, 0.6) is 0 Å². The Hall–Kier alpha value is -3.66. The first-order valence-corrected chi connectivity index (χ1v) is 11.8. The molecule has 2 N–H and O–H groups in total. The van der Waals surface area contributed by atoms with Crippen LogP contribution in [0.2, 0.25) is 0 Å². The fourth-order valence-electron chi connectivity index (χ4n) is 3.69. The normalized spacial score (nSPS) is 17.8. The predicted molar refractivity (Wildman–Crippen MR) is 130 cm³/mol. The van der Waals surface area contributed by atoms with E-state index in [2.05, 4.69) is 15.7 Å². The summed E-state index contributed by atoms with van der Waals surface area (Å²) in [6.45, 7) is 7.22. The molecule has 2 aromatic carbocycles. The van der Waals surface area contributed by atoms with Crippen molar-refractivity contribution >= 4 is 40.5 Å². The van der Waals surface area contributed by atoms with Crippen LogP contribution in [0.25, 0.3) is 16.6 Å². The van der Waals surface area contributed by atoms with E-state index in [1.54, 1.807) is 38.1 Å². The van der Waals surface area contributed by atoms with Gasteiger partial charge >= 0.3 is 6.03 Å². The summed E-state index contributed by atoms with van der Waals surface area (Å²) in [7, 11) is 0. The summed E-state index contributed by atoms with van der Waals surface area (Å²) in [6, 6.07) is 12.1. The highest BCUT2D eigenvalue weighted by atomic mass is 32.2. The standard InChI is InChI=1S/C24H25N5O4S/c1-5-24(4)21(32)29(22(33)26-24)27-19(30)13-34-23-25-17-9-7-6-8-16(17)20(31)28(23)18-12-14(2)10-11-15(18)3/h6-12H,5,13H2,1-4H3,(H,26,33)(H,27,30)/t24-/m0/s1. The van der Waals surface area contributed by atoms with Crippen molar-refractivity contribution in [3.63, 3.8) is 0 Å². The van der Waals surface area contributed by atoms with E-state index in [0.717, 1.165) is 22.9 Å². The zero-order chi connectivity index (χ0) is 24.6. The second kappa shape index (κ2) is 8.94. The Morgan fingerprint density at radius 2 is 1.88 bits per heavy atom. The molecule has 0 aliphatic carbocycles. The summed E-state index contributed by atoms with van der Waals surface area (Å²) in [6.07, 6.45) is 0.391. The Labute approximate surface area is 200 Å². The monoisotopic (exact) mass is 479 g/mol. The lowest BCUT2D eigenvalue weighted by molar-refractivity contribution is -0.137. The Morgan fingerprint density at radius 3 is 2.59 bits per heavy atom. The number of urea groups is 1. The van der Waals surface area contributed by atoms with Crippen molar-refractivity contribution in [3.05, 3.63) is 63.9 Å². The molecule has 1 aliphatic rings. The molecule has 176 valence electrons. The van der Waals surface area contributed by atoms with Gasteiger partial charge in [-0.1, -0.05) is 43.0 Å². The van der Waals surface area contributed by atoms with Crippen LogP contribution in [0.15, 0.2) is 52.4 Å². The number of thioether (sulfide) groups is 1. The average molecular weight is 480 g/mol. The van der Waals surface area contributed by atoms with E-state index in [1.165, 1.54) is 4.57 Å². The van der Waals surface area contributed by atoms with Gasteiger partial charge in [-0.05, 0) is 56.5 Å². The number of rotatable bonds is 6. The second-order valence-electron chi connectivity index (χ2n) is 8.42. The molecule has 4 amide bonds. The maximum Gasteiger partial charge on any atom is 0.344 e. The Bertz CT molecular complexity index is 1390. The lowest BCUT2D eigenvalue weighted by Gasteiger charge is -2.19. The maximum atomic E-state index is 13.4. The van der Waals surface area contributed by atoms with Crippen molar-refractivity contribution in [1.82, 2.24) is 25.3 Å². The number of aromatic nitrogens is 2. The molecule has 3 aromatic rings. The van der Waals surface area contributed by atoms with Crippen molar-refractivity contribution in [2.75, 3.05) is 5.75 Å². The molecular formula is C24H25N5O4S. The van der Waals surface area contributed by atoms with E-state index in [1.807, 2.05) is 32.0 Å². The highest BCUT2D eigenvalue weighted by molar-refractivity contribution is 7.99. The SMILES string of the molecule is CC[C@]1(C)NC(=O)N(NC(=O)CSc2nc3ccccc3c(=O)n2-c2cc(C)ccc2C)C1=O. The summed E-state index contributed by atoms with van der Waals surface area (Å²) in [5, 5.41) is 4.10. The van der Waals surface area contributed by atoms with Gasteiger partial charge in [0.25, 0.3) is 11.5 Å². The molecule has 2 heterocycles. The smallest absolute Gasteiger partial charge is 0.322 e. The van der Waals surface area contributed by atoms with Gasteiger partial charge in [0.05, 0.1) is 22.3 Å². The second-order valence-corrected chi connectivity index (χ2v) is 9.36. The number of amides is 4. The molecule has 0 radical (unpaired) electrons. The van der Waals surface area contributed by atoms with Crippen molar-refractivity contribution in [2.45, 2.75) is 44.8 Å². The largest absolute Gasteiger partial charge is 0.344 e. The number of para-hydroxylation sites is 1. The number of carbonyl (C=O) groups excluding carboxylic acids is 3. The van der Waals surface area contributed by atoms with Crippen LogP contribution in [-0.2, 0) is 9.59 Å². The number of hydrazine groups is 1. The Kier molecular flexibility index (Phi) is 6.18. The number of imide groups is 1. The number of nitrogens with one attached hydrogen (secondary N) is 2. The van der Waals surface area contributed by atoms with Gasteiger partial charge in [-0.2, -0.15) is 5.01 Å². The third-order valence-corrected chi connectivity index (χ3v) is 6.83. The van der Waals surface area contributed by atoms with Crippen LogP contribution < -0.4 is 16.3 Å². The molecule has 10 heteroatoms. The third kappa shape index (κ3) is 4.16. The number of carbonyl (C=O) groups is 3. The average Bonchev–Trinajstić information content (AvgIpc) is 3.03. The molecule has 9 nitrogen and oxygen atoms in total. The van der Waals surface area contributed by atoms with Gasteiger partial charge in [0.1, 0.15) is 5.54 Å². The van der Waals surface area contributed by atoms with Gasteiger partial charge in [0.15, 0.2) is 5.16 Å². The number of hydrogen-bond acceptors (Lipinski definition) is 6. The fourth-order valence-corrected chi connectivity index (χ4v) is 4.49. The van der Waals surface area contributed by atoms with Gasteiger partial charge in [0, 0.05) is 0 Å². The Morgan fingerprint density at radius 1 is 1.15 bits per heavy atom. The lowest BCUT2D eigenvalue weighted by Crippen LogP contribution is -2.49. The van der Waals surface area contributed by atoms with Crippen LogP contribution in [0, 0.1) is 13.8 Å². The predicted octanol–water partition coefficient (Wildman–Crippen LogP) is 2.85. The first kappa shape index (κ1) is 23.5. The van der Waals surface area contributed by atoms with E-state index in [4.69, 9.17) is 0 Å². The molecule has 0 bridgehead atoms. The third-order valence-electron chi connectivity index (χ3n) is 5.89. The molecule has 1 aromatic heterocycles. The van der Waals surface area contributed by atoms with Gasteiger partial charge in [0.2, 0.25) is 5.91 Å². The zero-order valence-corrected chi connectivity index (χ0v) is 20.2. The lowest BCUT2D eigenvalue weighted by atomic mass is 10.00. The first-order valence-electron chi connectivity index (χ1n) is 10.8. The summed E-state index contributed by atoms with van der Waals surface area (Å²) in [5.74, 6) is -1.24. The van der Waals surface area contributed by atoms with Crippen LogP contribution in [0.3, 0.4) is 0 Å². The van der Waals surface area contributed by atoms with E-state index in [9.17, 15) is 19.2 Å². The minimum absolute atomic E-state index is 0.157. The summed E-state index contributed by atoms with van der Waals surface area (Å²) in [5.41, 5.74) is 4.13. The van der Waals surface area contributed by atoms with E-state index < -0.39 is 23.4 Å². The van der Waals surface area contributed by atoms with Gasteiger partial charge in [-0.3, -0.25) is 24.4 Å².